The Morgan fingerprint density at radius 2 is 1.69 bits per heavy atom. The van der Waals surface area contributed by atoms with Crippen molar-refractivity contribution in [3.05, 3.63) is 0 Å². The predicted molar refractivity (Wildman–Crippen MR) is 122 cm³/mol. The van der Waals surface area contributed by atoms with Gasteiger partial charge in [-0.3, -0.25) is 0 Å². The van der Waals surface area contributed by atoms with Gasteiger partial charge >= 0.3 is 0 Å². The molecule has 0 unspecified atom stereocenters. The Labute approximate surface area is 180 Å². The maximum absolute atomic E-state index is 9.91. The molecule has 4 rings (SSSR count). The van der Waals surface area contributed by atoms with Crippen LogP contribution in [0.3, 0.4) is 0 Å². The zero-order valence-corrected chi connectivity index (χ0v) is 19.9. The summed E-state index contributed by atoms with van der Waals surface area (Å²) in [6, 6.07) is 0. The molecule has 4 aliphatic carbocycles. The summed E-state index contributed by atoms with van der Waals surface area (Å²) < 4.78 is 0. The van der Waals surface area contributed by atoms with Crippen molar-refractivity contribution in [3.63, 3.8) is 0 Å². The monoisotopic (exact) mass is 401 g/mol. The highest BCUT2D eigenvalue weighted by Gasteiger charge is 2.61. The molecule has 0 aromatic carbocycles. The largest absolute Gasteiger partial charge is 0.411 e. The standard InChI is InChI=1S/C27H47NO/c1-18(2)9-8-10-19(3)21-12-13-22-20-17-25(28-29)24-11-6-7-15-26(24,4)23(20)14-16-27(21,22)5/h18-24,29H,6-17H2,1-5H3/b28-25-/t19-,20+,21+,22-,23-,24-,26-,27-/m1/s1. The van der Waals surface area contributed by atoms with Gasteiger partial charge in [0.2, 0.25) is 0 Å². The molecule has 0 amide bonds. The molecule has 0 radical (unpaired) electrons. The van der Waals surface area contributed by atoms with Crippen LogP contribution < -0.4 is 0 Å². The lowest BCUT2D eigenvalue weighted by atomic mass is 9.44. The van der Waals surface area contributed by atoms with Crippen LogP contribution >= 0.6 is 0 Å². The number of rotatable bonds is 5. The molecular formula is C27H47NO. The van der Waals surface area contributed by atoms with Crippen LogP contribution in [0.2, 0.25) is 0 Å². The van der Waals surface area contributed by atoms with Crippen molar-refractivity contribution in [1.82, 2.24) is 0 Å². The van der Waals surface area contributed by atoms with Crippen molar-refractivity contribution in [3.8, 4) is 0 Å². The van der Waals surface area contributed by atoms with E-state index >= 15 is 0 Å². The lowest BCUT2D eigenvalue weighted by molar-refractivity contribution is -0.0806. The molecule has 29 heavy (non-hydrogen) atoms. The van der Waals surface area contributed by atoms with Crippen LogP contribution in [0.4, 0.5) is 0 Å². The molecule has 166 valence electrons. The van der Waals surface area contributed by atoms with Crippen LogP contribution in [0.1, 0.15) is 112 Å². The van der Waals surface area contributed by atoms with Gasteiger partial charge in [-0.15, -0.1) is 0 Å². The highest BCUT2D eigenvalue weighted by molar-refractivity contribution is 5.88. The second-order valence-corrected chi connectivity index (χ2v) is 12.5. The molecule has 0 saturated heterocycles. The van der Waals surface area contributed by atoms with Gasteiger partial charge in [-0.05, 0) is 91.3 Å². The van der Waals surface area contributed by atoms with Crippen LogP contribution in [0.25, 0.3) is 0 Å². The first-order valence-electron chi connectivity index (χ1n) is 13.0. The highest BCUT2D eigenvalue weighted by Crippen LogP contribution is 2.68. The number of hydrogen-bond acceptors (Lipinski definition) is 2. The highest BCUT2D eigenvalue weighted by atomic mass is 16.4. The van der Waals surface area contributed by atoms with E-state index in [-0.39, 0.29) is 0 Å². The molecule has 4 saturated carbocycles. The molecule has 2 heteroatoms. The zero-order valence-electron chi connectivity index (χ0n) is 19.9. The summed E-state index contributed by atoms with van der Waals surface area (Å²) in [5.74, 6) is 5.67. The van der Waals surface area contributed by atoms with E-state index in [1.807, 2.05) is 0 Å². The SMILES string of the molecule is CC(C)CCC[C@@H](C)[C@@H]1CC[C@@H]2[C@@H]3C/C(=N/O)[C@H]4CCCC[C@]4(C)[C@@H]3CC[C@@]21C. The topological polar surface area (TPSA) is 32.6 Å². The Balaban J connectivity index is 1.53. The van der Waals surface area contributed by atoms with Crippen molar-refractivity contribution in [2.24, 2.45) is 57.4 Å². The smallest absolute Gasteiger partial charge is 0.0610 e. The molecule has 0 spiro atoms. The van der Waals surface area contributed by atoms with Crippen molar-refractivity contribution in [2.75, 3.05) is 0 Å². The van der Waals surface area contributed by atoms with E-state index in [2.05, 4.69) is 39.8 Å². The minimum Gasteiger partial charge on any atom is -0.411 e. The maximum atomic E-state index is 9.91. The van der Waals surface area contributed by atoms with Crippen molar-refractivity contribution >= 4 is 5.71 Å². The summed E-state index contributed by atoms with van der Waals surface area (Å²) in [6.45, 7) is 12.5. The van der Waals surface area contributed by atoms with Gasteiger partial charge in [0.05, 0.1) is 5.71 Å². The molecule has 0 bridgehead atoms. The van der Waals surface area contributed by atoms with Crippen molar-refractivity contribution in [1.29, 1.82) is 0 Å². The summed E-state index contributed by atoms with van der Waals surface area (Å²) in [4.78, 5) is 0. The lowest BCUT2D eigenvalue weighted by Gasteiger charge is -2.60. The summed E-state index contributed by atoms with van der Waals surface area (Å²) in [5, 5.41) is 13.8. The summed E-state index contributed by atoms with van der Waals surface area (Å²) in [7, 11) is 0. The van der Waals surface area contributed by atoms with E-state index in [4.69, 9.17) is 0 Å². The van der Waals surface area contributed by atoms with Crippen molar-refractivity contribution < 1.29 is 5.21 Å². The first-order valence-corrected chi connectivity index (χ1v) is 13.0. The maximum Gasteiger partial charge on any atom is 0.0610 e. The fraction of sp³-hybridized carbons (Fsp3) is 0.963. The van der Waals surface area contributed by atoms with Gasteiger partial charge < -0.3 is 5.21 Å². The quantitative estimate of drug-likeness (QED) is 0.368. The number of oxime groups is 1. The minimum atomic E-state index is 0.394. The molecular weight excluding hydrogens is 354 g/mol. The van der Waals surface area contributed by atoms with Crippen LogP contribution in [0.5, 0.6) is 0 Å². The third-order valence-electron chi connectivity index (χ3n) is 10.7. The molecule has 2 nitrogen and oxygen atoms in total. The second-order valence-electron chi connectivity index (χ2n) is 12.5. The molecule has 0 aliphatic heterocycles. The molecule has 0 aromatic heterocycles. The van der Waals surface area contributed by atoms with Gasteiger partial charge in [0, 0.05) is 5.92 Å². The molecule has 0 aromatic rings. The third kappa shape index (κ3) is 3.59. The normalized spacial score (nSPS) is 47.0. The number of hydrogen-bond donors (Lipinski definition) is 1. The number of fused-ring (bicyclic) bond motifs is 5. The lowest BCUT2D eigenvalue weighted by Crippen LogP contribution is -2.56. The minimum absolute atomic E-state index is 0.394. The van der Waals surface area contributed by atoms with Gasteiger partial charge in [-0.2, -0.15) is 0 Å². The first kappa shape index (κ1) is 21.7. The van der Waals surface area contributed by atoms with E-state index in [0.717, 1.165) is 41.9 Å². The van der Waals surface area contributed by atoms with Crippen LogP contribution in [0, 0.1) is 52.3 Å². The van der Waals surface area contributed by atoms with E-state index < -0.39 is 0 Å². The van der Waals surface area contributed by atoms with E-state index in [1.165, 1.54) is 76.3 Å². The van der Waals surface area contributed by atoms with Crippen LogP contribution in [-0.4, -0.2) is 10.9 Å². The summed E-state index contributed by atoms with van der Waals surface area (Å²) in [5.41, 5.74) is 2.09. The first-order chi connectivity index (χ1) is 13.8. The van der Waals surface area contributed by atoms with Crippen molar-refractivity contribution in [2.45, 2.75) is 112 Å². The number of nitrogens with zero attached hydrogens (tertiary/aromatic N) is 1. The Kier molecular flexibility index (Phi) is 6.13. The Bertz CT molecular complexity index is 612. The van der Waals surface area contributed by atoms with Gasteiger partial charge in [-0.25, -0.2) is 0 Å². The fourth-order valence-corrected chi connectivity index (χ4v) is 9.26. The fourth-order valence-electron chi connectivity index (χ4n) is 9.26. The Morgan fingerprint density at radius 3 is 2.41 bits per heavy atom. The van der Waals surface area contributed by atoms with Crippen LogP contribution in [0.15, 0.2) is 5.16 Å². The third-order valence-corrected chi connectivity index (χ3v) is 10.7. The predicted octanol–water partition coefficient (Wildman–Crippen LogP) is 7.94. The average molecular weight is 402 g/mol. The molecule has 1 N–H and O–H groups in total. The zero-order chi connectivity index (χ0) is 20.8. The Hall–Kier alpha value is -0.530. The molecule has 4 fully saturated rings. The molecule has 0 heterocycles. The molecule has 8 atom stereocenters. The van der Waals surface area contributed by atoms with Gasteiger partial charge in [0.1, 0.15) is 0 Å². The second kappa shape index (κ2) is 8.19. The van der Waals surface area contributed by atoms with E-state index in [0.29, 0.717) is 16.7 Å². The van der Waals surface area contributed by atoms with Gasteiger partial charge in [0.15, 0.2) is 0 Å². The van der Waals surface area contributed by atoms with Gasteiger partial charge in [0.25, 0.3) is 0 Å². The van der Waals surface area contributed by atoms with E-state index in [1.54, 1.807) is 0 Å². The van der Waals surface area contributed by atoms with Gasteiger partial charge in [-0.1, -0.05) is 71.9 Å². The average Bonchev–Trinajstić information content (AvgIpc) is 3.04. The van der Waals surface area contributed by atoms with E-state index in [9.17, 15) is 5.21 Å². The van der Waals surface area contributed by atoms with Crippen LogP contribution in [-0.2, 0) is 0 Å². The summed E-state index contributed by atoms with van der Waals surface area (Å²) >= 11 is 0. The Morgan fingerprint density at radius 1 is 0.931 bits per heavy atom. The molecule has 4 aliphatic rings. The summed E-state index contributed by atoms with van der Waals surface area (Å²) in [6.07, 6.45) is 16.4.